The number of nitriles is 1. The third-order valence-electron chi connectivity index (χ3n) is 4.83. The van der Waals surface area contributed by atoms with Gasteiger partial charge in [0, 0.05) is 18.8 Å². The molecule has 30 heavy (non-hydrogen) atoms. The zero-order valence-corrected chi connectivity index (χ0v) is 17.3. The molecule has 0 amide bonds. The highest BCUT2D eigenvalue weighted by molar-refractivity contribution is 6.15. The van der Waals surface area contributed by atoms with E-state index in [2.05, 4.69) is 32.9 Å². The van der Waals surface area contributed by atoms with Crippen LogP contribution in [-0.4, -0.2) is 58.6 Å². The summed E-state index contributed by atoms with van der Waals surface area (Å²) in [6, 6.07) is 7.97. The summed E-state index contributed by atoms with van der Waals surface area (Å²) >= 11 is 0. The number of hydrogen-bond donors (Lipinski definition) is 1. The fraction of sp³-hybridized carbons (Fsp3) is 0.381. The molecule has 3 rings (SSSR count). The van der Waals surface area contributed by atoms with Crippen LogP contribution in [0.1, 0.15) is 24.1 Å². The molecule has 0 spiro atoms. The summed E-state index contributed by atoms with van der Waals surface area (Å²) in [4.78, 5) is 10.4. The number of ether oxygens (including phenoxy) is 1. The van der Waals surface area contributed by atoms with E-state index in [0.717, 1.165) is 17.8 Å². The Balaban J connectivity index is 1.93. The van der Waals surface area contributed by atoms with E-state index in [0.29, 0.717) is 42.9 Å². The molecular formula is C21H23N7O2. The van der Waals surface area contributed by atoms with Crippen molar-refractivity contribution in [2.45, 2.75) is 20.8 Å². The number of allylic oxidation sites excluding steroid dienone is 2. The van der Waals surface area contributed by atoms with Crippen LogP contribution in [0.2, 0.25) is 0 Å². The predicted octanol–water partition coefficient (Wildman–Crippen LogP) is 2.48. The van der Waals surface area contributed by atoms with Crippen LogP contribution in [0, 0.1) is 31.8 Å². The number of rotatable bonds is 8. The zero-order chi connectivity index (χ0) is 21.7. The number of anilines is 1. The van der Waals surface area contributed by atoms with Crippen molar-refractivity contribution < 1.29 is 9.84 Å². The highest BCUT2D eigenvalue weighted by atomic mass is 16.5. The predicted molar refractivity (Wildman–Crippen MR) is 113 cm³/mol. The Morgan fingerprint density at radius 2 is 2.13 bits per heavy atom. The lowest BCUT2D eigenvalue weighted by atomic mass is 10.1. The number of fused-ring (bicyclic) bond motifs is 1. The van der Waals surface area contributed by atoms with Crippen LogP contribution in [0.5, 0.6) is 0 Å². The molecule has 154 valence electrons. The average molecular weight is 405 g/mol. The second kappa shape index (κ2) is 9.31. The van der Waals surface area contributed by atoms with Gasteiger partial charge in [0.1, 0.15) is 17.2 Å². The lowest BCUT2D eigenvalue weighted by Gasteiger charge is -2.23. The van der Waals surface area contributed by atoms with Gasteiger partial charge in [0.15, 0.2) is 5.82 Å². The molecule has 0 radical (unpaired) electrons. The van der Waals surface area contributed by atoms with Crippen LogP contribution in [0.3, 0.4) is 0 Å². The first kappa shape index (κ1) is 21.2. The quantitative estimate of drug-likeness (QED) is 0.534. The number of aromatic nitrogens is 3. The maximum absolute atomic E-state index is 9.47. The number of aliphatic imine (C=N–C) groups is 1. The van der Waals surface area contributed by atoms with Crippen molar-refractivity contribution in [3.8, 4) is 6.07 Å². The standard InChI is InChI=1S/C21H23N7O2/c1-5-27(8-10-30-11-9-29)16-6-7-18(14(2)12-16)24-21-19(23-4)17(13-22)20-26-25-15(3)28(20)21/h6-7,12,29H,5,8-11H2,1-3H3. The number of aliphatic hydroxyl groups excluding tert-OH is 1. The summed E-state index contributed by atoms with van der Waals surface area (Å²) in [5.41, 5.74) is 3.07. The van der Waals surface area contributed by atoms with E-state index in [1.54, 1.807) is 11.5 Å². The van der Waals surface area contributed by atoms with E-state index >= 15 is 0 Å². The molecular weight excluding hydrogens is 382 g/mol. The topological polar surface area (TPSA) is 104 Å². The molecule has 0 bridgehead atoms. The first-order valence-electron chi connectivity index (χ1n) is 9.63. The number of likely N-dealkylation sites (N-methyl/N-ethyl adjacent to an activating group) is 1. The minimum Gasteiger partial charge on any atom is -0.394 e. The largest absolute Gasteiger partial charge is 0.394 e. The van der Waals surface area contributed by atoms with Crippen molar-refractivity contribution in [3.63, 3.8) is 0 Å². The molecule has 2 heterocycles. The minimum atomic E-state index is 0.0163. The van der Waals surface area contributed by atoms with Gasteiger partial charge in [-0.1, -0.05) is 0 Å². The smallest absolute Gasteiger partial charge is 0.250 e. The molecule has 0 fully saturated rings. The minimum absolute atomic E-state index is 0.0163. The monoisotopic (exact) mass is 405 g/mol. The maximum Gasteiger partial charge on any atom is 0.250 e. The summed E-state index contributed by atoms with van der Waals surface area (Å²) in [7, 11) is 0. The maximum atomic E-state index is 9.47. The number of nitrogens with zero attached hydrogens (tertiary/aromatic N) is 7. The number of hydrogen-bond acceptors (Lipinski definition) is 7. The Morgan fingerprint density at radius 3 is 2.77 bits per heavy atom. The third-order valence-corrected chi connectivity index (χ3v) is 4.83. The first-order chi connectivity index (χ1) is 14.5. The van der Waals surface area contributed by atoms with Crippen LogP contribution >= 0.6 is 0 Å². The molecule has 1 aliphatic rings. The van der Waals surface area contributed by atoms with Crippen LogP contribution in [0.15, 0.2) is 28.9 Å². The van der Waals surface area contributed by atoms with E-state index in [9.17, 15) is 5.26 Å². The molecule has 1 aromatic heterocycles. The van der Waals surface area contributed by atoms with Crippen molar-refractivity contribution in [3.05, 3.63) is 52.5 Å². The van der Waals surface area contributed by atoms with Crippen molar-refractivity contribution >= 4 is 22.8 Å². The second-order valence-corrected chi connectivity index (χ2v) is 6.68. The van der Waals surface area contributed by atoms with Gasteiger partial charge in [0.05, 0.1) is 38.1 Å². The Morgan fingerprint density at radius 1 is 1.33 bits per heavy atom. The van der Waals surface area contributed by atoms with E-state index in [1.165, 1.54) is 0 Å². The molecule has 0 aliphatic carbocycles. The first-order valence-corrected chi connectivity index (χ1v) is 9.63. The summed E-state index contributed by atoms with van der Waals surface area (Å²) in [5.74, 6) is 1.30. The number of aliphatic hydroxyl groups is 1. The van der Waals surface area contributed by atoms with Crippen LogP contribution in [0.4, 0.5) is 11.4 Å². The normalized spacial score (nSPS) is 14.0. The Hall–Kier alpha value is -3.53. The summed E-state index contributed by atoms with van der Waals surface area (Å²) in [6.45, 7) is 15.7. The molecule has 2 aromatic rings. The van der Waals surface area contributed by atoms with Crippen LogP contribution in [-0.2, 0) is 4.74 Å². The van der Waals surface area contributed by atoms with Gasteiger partial charge < -0.3 is 14.7 Å². The summed E-state index contributed by atoms with van der Waals surface area (Å²) in [5, 5.41) is 26.3. The average Bonchev–Trinajstić information content (AvgIpc) is 3.27. The van der Waals surface area contributed by atoms with E-state index in [-0.39, 0.29) is 17.9 Å². The third kappa shape index (κ3) is 3.94. The molecule has 1 aliphatic heterocycles. The SMILES string of the molecule is [C-]#[N+]C1=C(C#N)c2nnc(C)n2C1=Nc1ccc(N(CC)CCOCCO)cc1C. The lowest BCUT2D eigenvalue weighted by molar-refractivity contribution is 0.0967. The van der Waals surface area contributed by atoms with Crippen LogP contribution < -0.4 is 4.90 Å². The molecule has 9 heteroatoms. The molecule has 1 aromatic carbocycles. The fourth-order valence-corrected chi connectivity index (χ4v) is 3.30. The lowest BCUT2D eigenvalue weighted by Crippen LogP contribution is -2.27. The number of benzene rings is 1. The van der Waals surface area contributed by atoms with Gasteiger partial charge >= 0.3 is 0 Å². The van der Waals surface area contributed by atoms with E-state index in [1.807, 2.05) is 25.1 Å². The van der Waals surface area contributed by atoms with E-state index < -0.39 is 0 Å². The van der Waals surface area contributed by atoms with Gasteiger partial charge in [0.25, 0.3) is 0 Å². The van der Waals surface area contributed by atoms with E-state index in [4.69, 9.17) is 21.4 Å². The van der Waals surface area contributed by atoms with Gasteiger partial charge in [0.2, 0.25) is 5.70 Å². The second-order valence-electron chi connectivity index (χ2n) is 6.68. The van der Waals surface area contributed by atoms with Gasteiger partial charge in [-0.2, -0.15) is 5.26 Å². The molecule has 1 N–H and O–H groups in total. The van der Waals surface area contributed by atoms with Gasteiger partial charge in [-0.05, 0) is 44.5 Å². The zero-order valence-electron chi connectivity index (χ0n) is 17.3. The molecule has 0 saturated heterocycles. The van der Waals surface area contributed by atoms with Crippen molar-refractivity contribution in [2.75, 3.05) is 37.8 Å². The van der Waals surface area contributed by atoms with Gasteiger partial charge in [-0.15, -0.1) is 10.2 Å². The summed E-state index contributed by atoms with van der Waals surface area (Å²) < 4.78 is 7.02. The Bertz CT molecular complexity index is 1090. The fourth-order valence-electron chi connectivity index (χ4n) is 3.30. The highest BCUT2D eigenvalue weighted by Gasteiger charge is 2.32. The summed E-state index contributed by atoms with van der Waals surface area (Å²) in [6.07, 6.45) is 0. The van der Waals surface area contributed by atoms with Gasteiger partial charge in [-0.3, -0.25) is 4.57 Å². The molecule has 0 atom stereocenters. The van der Waals surface area contributed by atoms with Crippen molar-refractivity contribution in [1.82, 2.24) is 14.8 Å². The van der Waals surface area contributed by atoms with Crippen molar-refractivity contribution in [1.29, 1.82) is 5.26 Å². The molecule has 0 saturated carbocycles. The Labute approximate surface area is 175 Å². The van der Waals surface area contributed by atoms with Crippen molar-refractivity contribution in [2.24, 2.45) is 4.99 Å². The Kier molecular flexibility index (Phi) is 6.58. The highest BCUT2D eigenvalue weighted by Crippen LogP contribution is 2.32. The number of aryl methyl sites for hydroxylation is 2. The van der Waals surface area contributed by atoms with Gasteiger partial charge in [-0.25, -0.2) is 9.84 Å². The van der Waals surface area contributed by atoms with Crippen LogP contribution in [0.25, 0.3) is 10.4 Å². The molecule has 9 nitrogen and oxygen atoms in total. The molecule has 0 unspecified atom stereocenters.